The van der Waals surface area contributed by atoms with Crippen LogP contribution in [0.15, 0.2) is 42.5 Å². The van der Waals surface area contributed by atoms with E-state index < -0.39 is 5.60 Å². The van der Waals surface area contributed by atoms with E-state index in [1.54, 1.807) is 7.11 Å². The molecule has 0 unspecified atom stereocenters. The first-order chi connectivity index (χ1) is 20.0. The lowest BCUT2D eigenvalue weighted by Gasteiger charge is -2.27. The molecule has 8 heteroatoms. The molecule has 0 aliphatic rings. The summed E-state index contributed by atoms with van der Waals surface area (Å²) in [5, 5.41) is 0. The molecule has 2 aromatic carbocycles. The van der Waals surface area contributed by atoms with Crippen LogP contribution in [-0.2, 0) is 11.2 Å². The highest BCUT2D eigenvalue weighted by atomic mass is 16.6. The van der Waals surface area contributed by atoms with Gasteiger partial charge >= 0.3 is 6.09 Å². The molecule has 1 N–H and O–H groups in total. The van der Waals surface area contributed by atoms with Crippen LogP contribution in [0.5, 0.6) is 11.5 Å². The van der Waals surface area contributed by atoms with Crippen LogP contribution in [0.1, 0.15) is 97.3 Å². The fraction of sp³-hybridized carbons (Fsp3) is 0.559. The molecule has 3 aromatic rings. The van der Waals surface area contributed by atoms with Crippen molar-refractivity contribution < 1.29 is 23.8 Å². The summed E-state index contributed by atoms with van der Waals surface area (Å²) in [4.78, 5) is 31.6. The third-order valence-corrected chi connectivity index (χ3v) is 5.97. The first-order valence-corrected chi connectivity index (χ1v) is 15.2. The maximum atomic E-state index is 11.9. The number of carbonyl (C=O) groups is 2. The minimum Gasteiger partial charge on any atom is -0.497 e. The number of nitrogens with zero attached hydrogens (tertiary/aromatic N) is 2. The number of unbranched alkanes of at least 4 members (excludes halogenated alkanes) is 1. The van der Waals surface area contributed by atoms with Crippen LogP contribution in [0.2, 0.25) is 0 Å². The number of methoxy groups -OCH3 is 1. The van der Waals surface area contributed by atoms with Crippen LogP contribution in [0.4, 0.5) is 4.79 Å². The Balaban J connectivity index is 0.000000430. The molecule has 0 aliphatic carbocycles. The summed E-state index contributed by atoms with van der Waals surface area (Å²) in [7, 11) is 1.65. The fourth-order valence-electron chi connectivity index (χ4n) is 3.90. The number of fused-ring (bicyclic) bond motifs is 1. The number of imidazole rings is 1. The molecule has 3 rings (SSSR count). The summed E-state index contributed by atoms with van der Waals surface area (Å²) < 4.78 is 16.3. The summed E-state index contributed by atoms with van der Waals surface area (Å²) in [5.41, 5.74) is 2.55. The number of amides is 1. The van der Waals surface area contributed by atoms with Crippen molar-refractivity contribution in [2.75, 3.05) is 26.8 Å². The Morgan fingerprint density at radius 1 is 1.05 bits per heavy atom. The molecule has 1 amide bonds. The van der Waals surface area contributed by atoms with Crippen LogP contribution in [0, 0.1) is 5.92 Å². The molecule has 1 aromatic heterocycles. The van der Waals surface area contributed by atoms with Crippen LogP contribution < -0.4 is 9.47 Å². The minimum atomic E-state index is -0.402. The van der Waals surface area contributed by atoms with Crippen LogP contribution in [0.3, 0.4) is 0 Å². The van der Waals surface area contributed by atoms with Crippen molar-refractivity contribution in [2.24, 2.45) is 5.92 Å². The summed E-state index contributed by atoms with van der Waals surface area (Å²) in [5.74, 6) is 2.61. The molecule has 1 heterocycles. The Labute approximate surface area is 253 Å². The molecule has 234 valence electrons. The van der Waals surface area contributed by atoms with E-state index >= 15 is 0 Å². The van der Waals surface area contributed by atoms with Crippen LogP contribution in [-0.4, -0.2) is 59.7 Å². The molecule has 42 heavy (non-hydrogen) atoms. The molecule has 8 nitrogen and oxygen atoms in total. The van der Waals surface area contributed by atoms with E-state index in [1.807, 2.05) is 69.9 Å². The topological polar surface area (TPSA) is 93.8 Å². The number of H-pyrrole nitrogens is 1. The van der Waals surface area contributed by atoms with Gasteiger partial charge < -0.3 is 24.1 Å². The number of ether oxygens (including phenoxy) is 3. The van der Waals surface area contributed by atoms with E-state index in [9.17, 15) is 9.59 Å². The number of rotatable bonds is 13. The number of aromatic nitrogens is 2. The van der Waals surface area contributed by atoms with Gasteiger partial charge in [0.25, 0.3) is 0 Å². The van der Waals surface area contributed by atoms with Crippen molar-refractivity contribution in [3.63, 3.8) is 0 Å². The number of aldehydes is 1. The molecule has 0 spiro atoms. The normalized spacial score (nSPS) is 10.7. The Morgan fingerprint density at radius 3 is 2.38 bits per heavy atom. The lowest BCUT2D eigenvalue weighted by molar-refractivity contribution is 0.0242. The second-order valence-electron chi connectivity index (χ2n) is 11.2. The number of hydrogen-bond acceptors (Lipinski definition) is 6. The maximum Gasteiger partial charge on any atom is 0.410 e. The monoisotopic (exact) mass is 583 g/mol. The van der Waals surface area contributed by atoms with Gasteiger partial charge in [0.15, 0.2) is 12.1 Å². The highest BCUT2D eigenvalue weighted by molar-refractivity contribution is 5.82. The molecular weight excluding hydrogens is 530 g/mol. The first kappa shape index (κ1) is 36.5. The smallest absolute Gasteiger partial charge is 0.410 e. The zero-order valence-corrected chi connectivity index (χ0v) is 27.3. The van der Waals surface area contributed by atoms with Crippen molar-refractivity contribution in [3.05, 3.63) is 53.9 Å². The van der Waals surface area contributed by atoms with E-state index in [1.165, 1.54) is 5.56 Å². The Kier molecular flexibility index (Phi) is 17.0. The molecular formula is C34H53N3O5. The third-order valence-electron chi connectivity index (χ3n) is 5.97. The largest absolute Gasteiger partial charge is 0.497 e. The number of benzene rings is 2. The fourth-order valence-corrected chi connectivity index (χ4v) is 3.90. The van der Waals surface area contributed by atoms with Crippen molar-refractivity contribution in [2.45, 2.75) is 93.1 Å². The predicted molar refractivity (Wildman–Crippen MR) is 172 cm³/mol. The third kappa shape index (κ3) is 14.4. The van der Waals surface area contributed by atoms with Gasteiger partial charge in [-0.25, -0.2) is 9.78 Å². The quantitative estimate of drug-likeness (QED) is 0.160. The molecule has 0 fully saturated rings. The molecule has 0 radical (unpaired) electrons. The first-order valence-electron chi connectivity index (χ1n) is 15.2. The number of hydrogen-bond donors (Lipinski definition) is 1. The van der Waals surface area contributed by atoms with Crippen molar-refractivity contribution in [1.29, 1.82) is 0 Å². The van der Waals surface area contributed by atoms with Gasteiger partial charge in [0.05, 0.1) is 24.8 Å². The van der Waals surface area contributed by atoms with Gasteiger partial charge in [-0.05, 0) is 88.6 Å². The van der Waals surface area contributed by atoms with E-state index in [4.69, 9.17) is 14.2 Å². The van der Waals surface area contributed by atoms with Crippen molar-refractivity contribution in [3.8, 4) is 11.5 Å². The molecule has 0 saturated carbocycles. The standard InChI is InChI=1S/C19H20N2O3.C13H27NO2.C2H6/c1-23-15-6-4-7-16(12-15)24-10-3-2-5-14-8-9-17-18(11-14)21-19(13-22)20-17;1-7-9-14(10-8-11(2)3)12(15)16-13(4,5)6;1-2/h4,6-9,11-13H,2-3,5,10H2,1H3,(H,20,21);11H,7-10H2,1-6H3;1-2H3. The Bertz CT molecular complexity index is 1180. The van der Waals surface area contributed by atoms with Gasteiger partial charge in [0, 0.05) is 19.2 Å². The highest BCUT2D eigenvalue weighted by Crippen LogP contribution is 2.20. The lowest BCUT2D eigenvalue weighted by atomic mass is 10.1. The zero-order chi connectivity index (χ0) is 31.5. The number of nitrogens with one attached hydrogen (secondary N) is 1. The second kappa shape index (κ2) is 19.5. The number of carbonyl (C=O) groups excluding carboxylic acids is 2. The summed E-state index contributed by atoms with van der Waals surface area (Å²) in [6.45, 7) is 18.4. The highest BCUT2D eigenvalue weighted by Gasteiger charge is 2.21. The zero-order valence-electron chi connectivity index (χ0n) is 27.3. The summed E-state index contributed by atoms with van der Waals surface area (Å²) in [6, 6.07) is 13.7. The maximum absolute atomic E-state index is 11.9. The van der Waals surface area contributed by atoms with Crippen molar-refractivity contribution >= 4 is 23.4 Å². The average Bonchev–Trinajstić information content (AvgIpc) is 3.38. The van der Waals surface area contributed by atoms with Gasteiger partial charge in [0.2, 0.25) is 0 Å². The van der Waals surface area contributed by atoms with Gasteiger partial charge in [-0.3, -0.25) is 4.79 Å². The second-order valence-corrected chi connectivity index (χ2v) is 11.2. The van der Waals surface area contributed by atoms with Gasteiger partial charge in [0.1, 0.15) is 17.1 Å². The minimum absolute atomic E-state index is 0.185. The predicted octanol–water partition coefficient (Wildman–Crippen LogP) is 8.49. The van der Waals surface area contributed by atoms with Crippen LogP contribution in [0.25, 0.3) is 11.0 Å². The molecule has 0 saturated heterocycles. The van der Waals surface area contributed by atoms with E-state index in [0.29, 0.717) is 18.3 Å². The summed E-state index contributed by atoms with van der Waals surface area (Å²) in [6.07, 6.45) is 5.51. The van der Waals surface area contributed by atoms with Crippen LogP contribution >= 0.6 is 0 Å². The van der Waals surface area contributed by atoms with Gasteiger partial charge in [-0.1, -0.05) is 46.8 Å². The SMILES string of the molecule is CC.CCCN(CCC(C)C)C(=O)OC(C)(C)C.COc1cccc(OCCCCc2ccc3nc(C=O)[nH]c3c2)c1. The molecule has 0 atom stereocenters. The lowest BCUT2D eigenvalue weighted by Crippen LogP contribution is -2.38. The summed E-state index contributed by atoms with van der Waals surface area (Å²) >= 11 is 0. The Hall–Kier alpha value is -3.55. The van der Waals surface area contributed by atoms with E-state index in [2.05, 4.69) is 42.9 Å². The van der Waals surface area contributed by atoms with E-state index in [0.717, 1.165) is 74.0 Å². The molecule has 0 aliphatic heterocycles. The van der Waals surface area contributed by atoms with Gasteiger partial charge in [-0.2, -0.15) is 0 Å². The van der Waals surface area contributed by atoms with Crippen molar-refractivity contribution in [1.82, 2.24) is 14.9 Å². The average molecular weight is 584 g/mol. The van der Waals surface area contributed by atoms with E-state index in [-0.39, 0.29) is 6.09 Å². The number of aromatic amines is 1. The van der Waals surface area contributed by atoms with Gasteiger partial charge in [-0.15, -0.1) is 0 Å². The Morgan fingerprint density at radius 2 is 1.76 bits per heavy atom. The molecule has 0 bridgehead atoms. The number of aryl methyl sites for hydroxylation is 1.